The van der Waals surface area contributed by atoms with Crippen molar-refractivity contribution in [2.24, 2.45) is 13.0 Å². The number of nitrogens with zero attached hydrogens (tertiary/aromatic N) is 2. The summed E-state index contributed by atoms with van der Waals surface area (Å²) in [7, 11) is 2.06. The van der Waals surface area contributed by atoms with E-state index in [2.05, 4.69) is 37.4 Å². The molecule has 0 amide bonds. The van der Waals surface area contributed by atoms with Crippen LogP contribution in [0, 0.1) is 5.92 Å². The summed E-state index contributed by atoms with van der Waals surface area (Å²) in [5.74, 6) is 0.786. The lowest BCUT2D eigenvalue weighted by molar-refractivity contribution is 0.295. The fraction of sp³-hybridized carbons (Fsp3) is 0.769. The van der Waals surface area contributed by atoms with Crippen LogP contribution in [-0.2, 0) is 19.9 Å². The van der Waals surface area contributed by atoms with E-state index in [0.29, 0.717) is 6.04 Å². The molecule has 0 aliphatic carbocycles. The number of hydrogen-bond donors (Lipinski definition) is 1. The summed E-state index contributed by atoms with van der Waals surface area (Å²) in [4.78, 5) is 0. The van der Waals surface area contributed by atoms with Crippen LogP contribution < -0.4 is 5.32 Å². The molecule has 3 heteroatoms. The monoisotopic (exact) mass is 221 g/mol. The molecule has 1 saturated heterocycles. The van der Waals surface area contributed by atoms with E-state index >= 15 is 0 Å². The Balaban J connectivity index is 2.04. The van der Waals surface area contributed by atoms with Crippen molar-refractivity contribution >= 4 is 0 Å². The van der Waals surface area contributed by atoms with Crippen molar-refractivity contribution in [3.05, 3.63) is 17.5 Å². The Bertz CT molecular complexity index is 343. The van der Waals surface area contributed by atoms with Crippen molar-refractivity contribution in [3.63, 3.8) is 0 Å². The highest BCUT2D eigenvalue weighted by molar-refractivity contribution is 5.12. The minimum atomic E-state index is 0.633. The van der Waals surface area contributed by atoms with Crippen molar-refractivity contribution < 1.29 is 0 Å². The molecule has 1 aromatic rings. The van der Waals surface area contributed by atoms with Crippen LogP contribution in [0.4, 0.5) is 0 Å². The summed E-state index contributed by atoms with van der Waals surface area (Å²) in [6, 6.07) is 2.89. The first-order valence-electron chi connectivity index (χ1n) is 6.46. The van der Waals surface area contributed by atoms with Crippen LogP contribution in [0.1, 0.15) is 38.1 Å². The molecule has 1 fully saturated rings. The Hall–Kier alpha value is -0.830. The lowest BCUT2D eigenvalue weighted by Crippen LogP contribution is -2.41. The topological polar surface area (TPSA) is 29.9 Å². The van der Waals surface area contributed by atoms with Gasteiger partial charge in [-0.1, -0.05) is 13.8 Å². The average molecular weight is 221 g/mol. The second kappa shape index (κ2) is 5.00. The highest BCUT2D eigenvalue weighted by Crippen LogP contribution is 2.19. The molecular weight excluding hydrogens is 198 g/mol. The average Bonchev–Trinajstić information content (AvgIpc) is 2.63. The van der Waals surface area contributed by atoms with Gasteiger partial charge in [0.2, 0.25) is 0 Å². The van der Waals surface area contributed by atoms with Crippen LogP contribution in [0.15, 0.2) is 6.07 Å². The summed E-state index contributed by atoms with van der Waals surface area (Å²) in [5.41, 5.74) is 2.57. The zero-order chi connectivity index (χ0) is 11.5. The number of aryl methyl sites for hydroxylation is 2. The Kier molecular flexibility index (Phi) is 3.64. The first-order chi connectivity index (χ1) is 7.70. The van der Waals surface area contributed by atoms with E-state index in [1.54, 1.807) is 0 Å². The minimum Gasteiger partial charge on any atom is -0.313 e. The third kappa shape index (κ3) is 2.46. The molecule has 0 saturated carbocycles. The van der Waals surface area contributed by atoms with E-state index < -0.39 is 0 Å². The van der Waals surface area contributed by atoms with Crippen molar-refractivity contribution in [1.82, 2.24) is 15.1 Å². The summed E-state index contributed by atoms with van der Waals surface area (Å²) in [6.45, 7) is 5.69. The molecule has 1 aliphatic rings. The van der Waals surface area contributed by atoms with Gasteiger partial charge in [-0.05, 0) is 37.8 Å². The third-order valence-electron chi connectivity index (χ3n) is 3.75. The van der Waals surface area contributed by atoms with Crippen molar-refractivity contribution in [2.45, 2.75) is 45.6 Å². The van der Waals surface area contributed by atoms with Crippen LogP contribution in [0.3, 0.4) is 0 Å². The summed E-state index contributed by atoms with van der Waals surface area (Å²) >= 11 is 0. The van der Waals surface area contributed by atoms with Gasteiger partial charge in [0, 0.05) is 25.2 Å². The van der Waals surface area contributed by atoms with Gasteiger partial charge >= 0.3 is 0 Å². The maximum Gasteiger partial charge on any atom is 0.0624 e. The number of aromatic nitrogens is 2. The van der Waals surface area contributed by atoms with Gasteiger partial charge in [-0.15, -0.1) is 0 Å². The van der Waals surface area contributed by atoms with E-state index in [4.69, 9.17) is 0 Å². The molecule has 3 nitrogen and oxygen atoms in total. The zero-order valence-electron chi connectivity index (χ0n) is 10.7. The lowest BCUT2D eigenvalue weighted by atomic mass is 9.89. The molecule has 1 aliphatic heterocycles. The van der Waals surface area contributed by atoms with Crippen molar-refractivity contribution in [3.8, 4) is 0 Å². The Morgan fingerprint density at radius 2 is 2.38 bits per heavy atom. The Morgan fingerprint density at radius 3 is 3.00 bits per heavy atom. The smallest absolute Gasteiger partial charge is 0.0624 e. The molecule has 1 N–H and O–H groups in total. The van der Waals surface area contributed by atoms with Gasteiger partial charge in [0.15, 0.2) is 0 Å². The predicted molar refractivity (Wildman–Crippen MR) is 66.5 cm³/mol. The number of rotatable bonds is 3. The first-order valence-corrected chi connectivity index (χ1v) is 6.46. The highest BCUT2D eigenvalue weighted by Gasteiger charge is 2.22. The van der Waals surface area contributed by atoms with Crippen LogP contribution >= 0.6 is 0 Å². The van der Waals surface area contributed by atoms with Gasteiger partial charge < -0.3 is 5.32 Å². The molecule has 0 spiro atoms. The van der Waals surface area contributed by atoms with Crippen molar-refractivity contribution in [2.75, 3.05) is 6.54 Å². The van der Waals surface area contributed by atoms with Crippen LogP contribution in [0.25, 0.3) is 0 Å². The Morgan fingerprint density at radius 1 is 1.56 bits per heavy atom. The molecule has 16 heavy (non-hydrogen) atoms. The quantitative estimate of drug-likeness (QED) is 0.845. The molecule has 1 aromatic heterocycles. The molecular formula is C13H23N3. The fourth-order valence-corrected chi connectivity index (χ4v) is 2.55. The summed E-state index contributed by atoms with van der Waals surface area (Å²) in [5, 5.41) is 8.14. The molecule has 2 atom stereocenters. The fourth-order valence-electron chi connectivity index (χ4n) is 2.55. The van der Waals surface area contributed by atoms with E-state index in [1.807, 2.05) is 4.68 Å². The number of hydrogen-bond acceptors (Lipinski definition) is 2. The van der Waals surface area contributed by atoms with Gasteiger partial charge in [-0.3, -0.25) is 4.68 Å². The highest BCUT2D eigenvalue weighted by atomic mass is 15.3. The summed E-state index contributed by atoms with van der Waals surface area (Å²) < 4.78 is 2.04. The zero-order valence-corrected chi connectivity index (χ0v) is 10.7. The van der Waals surface area contributed by atoms with Crippen LogP contribution in [0.2, 0.25) is 0 Å². The third-order valence-corrected chi connectivity index (χ3v) is 3.75. The van der Waals surface area contributed by atoms with Crippen molar-refractivity contribution in [1.29, 1.82) is 0 Å². The number of piperidine rings is 1. The largest absolute Gasteiger partial charge is 0.313 e. The predicted octanol–water partition coefficient (Wildman–Crippen LogP) is 1.91. The molecule has 2 unspecified atom stereocenters. The molecule has 2 heterocycles. The maximum atomic E-state index is 4.51. The minimum absolute atomic E-state index is 0.633. The normalized spacial score (nSPS) is 25.9. The van der Waals surface area contributed by atoms with E-state index in [0.717, 1.165) is 18.8 Å². The van der Waals surface area contributed by atoms with Gasteiger partial charge in [0.25, 0.3) is 0 Å². The molecule has 0 radical (unpaired) electrons. The van der Waals surface area contributed by atoms with E-state index in [1.165, 1.54) is 30.8 Å². The SMILES string of the molecule is CCc1cc(CC2NCCCC2C)n(C)n1. The van der Waals surface area contributed by atoms with E-state index in [9.17, 15) is 0 Å². The maximum absolute atomic E-state index is 4.51. The van der Waals surface area contributed by atoms with Gasteiger partial charge in [0.05, 0.1) is 5.69 Å². The molecule has 0 bridgehead atoms. The Labute approximate surface area is 98.2 Å². The van der Waals surface area contributed by atoms with Crippen LogP contribution in [-0.4, -0.2) is 22.4 Å². The lowest BCUT2D eigenvalue weighted by Gasteiger charge is -2.30. The molecule has 0 aromatic carbocycles. The van der Waals surface area contributed by atoms with Crippen LogP contribution in [0.5, 0.6) is 0 Å². The summed E-state index contributed by atoms with van der Waals surface area (Å²) in [6.07, 6.45) is 4.82. The second-order valence-corrected chi connectivity index (χ2v) is 4.99. The second-order valence-electron chi connectivity index (χ2n) is 4.99. The van der Waals surface area contributed by atoms with Gasteiger partial charge in [-0.2, -0.15) is 5.10 Å². The van der Waals surface area contributed by atoms with Gasteiger partial charge in [-0.25, -0.2) is 0 Å². The van der Waals surface area contributed by atoms with E-state index in [-0.39, 0.29) is 0 Å². The number of nitrogens with one attached hydrogen (secondary N) is 1. The molecule has 2 rings (SSSR count). The van der Waals surface area contributed by atoms with Gasteiger partial charge in [0.1, 0.15) is 0 Å². The standard InChI is InChI=1S/C13H23N3/c1-4-11-8-12(16(3)15-11)9-13-10(2)6-5-7-14-13/h8,10,13-14H,4-7,9H2,1-3H3. The molecule has 90 valence electrons. The first kappa shape index (κ1) is 11.6.